The third kappa shape index (κ3) is 4.03. The molecule has 1 rings (SSSR count). The Morgan fingerprint density at radius 3 is 2.54 bits per heavy atom. The first-order chi connectivity index (χ1) is 5.54. The van der Waals surface area contributed by atoms with Crippen molar-refractivity contribution in [1.82, 2.24) is 0 Å². The second kappa shape index (κ2) is 5.40. The van der Waals surface area contributed by atoms with Crippen molar-refractivity contribution in [2.24, 2.45) is 0 Å². The van der Waals surface area contributed by atoms with E-state index in [1.807, 2.05) is 0 Å². The third-order valence-corrected chi connectivity index (χ3v) is 2.24. The van der Waals surface area contributed by atoms with Gasteiger partial charge in [-0.2, -0.15) is 8.42 Å². The van der Waals surface area contributed by atoms with Gasteiger partial charge in [-0.1, -0.05) is 24.8 Å². The standard InChI is InChI=1S/C8H8O3S.K.H/c1-2-7-4-3-5-8(6-7)12(9,10)11;;/h2-6H,1H2,(H,9,10,11);;/q;+1;-1. The Hall–Kier alpha value is 0.506. The summed E-state index contributed by atoms with van der Waals surface area (Å²) in [6.45, 7) is 3.48. The van der Waals surface area contributed by atoms with Gasteiger partial charge >= 0.3 is 51.4 Å². The van der Waals surface area contributed by atoms with Crippen molar-refractivity contribution in [3.05, 3.63) is 36.4 Å². The molecule has 0 amide bonds. The van der Waals surface area contributed by atoms with Crippen LogP contribution < -0.4 is 51.4 Å². The monoisotopic (exact) mass is 224 g/mol. The van der Waals surface area contributed by atoms with Crippen LogP contribution in [0.5, 0.6) is 0 Å². The molecule has 0 heterocycles. The van der Waals surface area contributed by atoms with Crippen LogP contribution in [-0.4, -0.2) is 13.0 Å². The molecule has 66 valence electrons. The molecule has 5 heteroatoms. The topological polar surface area (TPSA) is 54.4 Å². The Labute approximate surface area is 122 Å². The van der Waals surface area contributed by atoms with E-state index in [-0.39, 0.29) is 57.7 Å². The van der Waals surface area contributed by atoms with Crippen molar-refractivity contribution in [2.45, 2.75) is 4.90 Å². The molecule has 0 aromatic heterocycles. The predicted molar refractivity (Wildman–Crippen MR) is 47.5 cm³/mol. The maximum Gasteiger partial charge on any atom is 1.00 e. The van der Waals surface area contributed by atoms with Crippen LogP contribution in [0.25, 0.3) is 6.08 Å². The number of rotatable bonds is 2. The molecule has 0 radical (unpaired) electrons. The quantitative estimate of drug-likeness (QED) is 0.501. The van der Waals surface area contributed by atoms with Crippen LogP contribution in [0, 0.1) is 0 Å². The van der Waals surface area contributed by atoms with Crippen LogP contribution >= 0.6 is 0 Å². The number of hydrogen-bond donors (Lipinski definition) is 1. The fraction of sp³-hybridized carbons (Fsp3) is 0. The molecular weight excluding hydrogens is 215 g/mol. The zero-order valence-corrected chi connectivity index (χ0v) is 11.2. The van der Waals surface area contributed by atoms with Crippen LogP contribution in [0.3, 0.4) is 0 Å². The van der Waals surface area contributed by atoms with Gasteiger partial charge in [0.1, 0.15) is 0 Å². The van der Waals surface area contributed by atoms with Crippen molar-refractivity contribution in [1.29, 1.82) is 0 Å². The zero-order valence-electron chi connectivity index (χ0n) is 8.27. The first-order valence-electron chi connectivity index (χ1n) is 3.24. The summed E-state index contributed by atoms with van der Waals surface area (Å²) in [5.41, 5.74) is 0.658. The molecule has 3 nitrogen and oxygen atoms in total. The van der Waals surface area contributed by atoms with Gasteiger partial charge in [0.25, 0.3) is 10.1 Å². The fourth-order valence-electron chi connectivity index (χ4n) is 0.802. The first-order valence-corrected chi connectivity index (χ1v) is 4.68. The van der Waals surface area contributed by atoms with Crippen molar-refractivity contribution in [3.8, 4) is 0 Å². The van der Waals surface area contributed by atoms with Gasteiger partial charge < -0.3 is 1.43 Å². The van der Waals surface area contributed by atoms with Gasteiger partial charge in [-0.05, 0) is 17.7 Å². The van der Waals surface area contributed by atoms with Crippen LogP contribution in [0.1, 0.15) is 6.99 Å². The molecule has 0 saturated carbocycles. The molecule has 0 aliphatic rings. The molecule has 1 aromatic carbocycles. The zero-order chi connectivity index (χ0) is 9.19. The molecule has 0 aliphatic carbocycles. The molecule has 0 unspecified atom stereocenters. The summed E-state index contributed by atoms with van der Waals surface area (Å²) in [7, 11) is -4.08. The van der Waals surface area contributed by atoms with E-state index in [4.69, 9.17) is 4.55 Å². The van der Waals surface area contributed by atoms with Crippen LogP contribution in [0.2, 0.25) is 0 Å². The molecule has 0 atom stereocenters. The summed E-state index contributed by atoms with van der Waals surface area (Å²) in [5.74, 6) is 0. The van der Waals surface area contributed by atoms with E-state index < -0.39 is 10.1 Å². The van der Waals surface area contributed by atoms with Gasteiger partial charge in [-0.25, -0.2) is 0 Å². The van der Waals surface area contributed by atoms with Crippen LogP contribution in [0.4, 0.5) is 0 Å². The number of benzene rings is 1. The van der Waals surface area contributed by atoms with Crippen molar-refractivity contribution >= 4 is 16.2 Å². The average molecular weight is 224 g/mol. The van der Waals surface area contributed by atoms with Gasteiger partial charge in [-0.3, -0.25) is 4.55 Å². The summed E-state index contributed by atoms with van der Waals surface area (Å²) >= 11 is 0. The summed E-state index contributed by atoms with van der Waals surface area (Å²) < 4.78 is 29.9. The second-order valence-electron chi connectivity index (χ2n) is 2.25. The Morgan fingerprint density at radius 1 is 1.46 bits per heavy atom. The molecule has 0 saturated heterocycles. The molecule has 0 aliphatic heterocycles. The van der Waals surface area contributed by atoms with E-state index in [1.165, 1.54) is 18.2 Å². The predicted octanol–water partition coefficient (Wildman–Crippen LogP) is -1.31. The fourth-order valence-corrected chi connectivity index (χ4v) is 1.34. The molecule has 13 heavy (non-hydrogen) atoms. The maximum atomic E-state index is 10.6. The van der Waals surface area contributed by atoms with Gasteiger partial charge in [0.15, 0.2) is 0 Å². The minimum atomic E-state index is -4.08. The summed E-state index contributed by atoms with van der Waals surface area (Å²) in [6.07, 6.45) is 1.51. The minimum Gasteiger partial charge on any atom is -1.00 e. The normalized spacial score (nSPS) is 10.2. The van der Waals surface area contributed by atoms with E-state index in [1.54, 1.807) is 12.1 Å². The van der Waals surface area contributed by atoms with E-state index in [9.17, 15) is 8.42 Å². The van der Waals surface area contributed by atoms with Gasteiger partial charge in [0.2, 0.25) is 0 Å². The number of hydrogen-bond acceptors (Lipinski definition) is 2. The molecule has 1 aromatic rings. The van der Waals surface area contributed by atoms with Crippen LogP contribution in [0.15, 0.2) is 35.7 Å². The molecule has 0 spiro atoms. The maximum absolute atomic E-state index is 10.6. The molecule has 0 fully saturated rings. The first kappa shape index (κ1) is 13.5. The Kier molecular flexibility index (Phi) is 5.61. The van der Waals surface area contributed by atoms with E-state index in [2.05, 4.69) is 6.58 Å². The van der Waals surface area contributed by atoms with Crippen LogP contribution in [-0.2, 0) is 10.1 Å². The summed E-state index contributed by atoms with van der Waals surface area (Å²) in [5, 5.41) is 0. The Balaban J connectivity index is 0. The SMILES string of the molecule is C=Cc1cccc(S(=O)(=O)O)c1.[H-].[K+]. The summed E-state index contributed by atoms with van der Waals surface area (Å²) in [4.78, 5) is -0.111. The average Bonchev–Trinajstić information content (AvgIpc) is 2.03. The van der Waals surface area contributed by atoms with Crippen molar-refractivity contribution in [3.63, 3.8) is 0 Å². The van der Waals surface area contributed by atoms with Crippen molar-refractivity contribution in [2.75, 3.05) is 0 Å². The largest absolute Gasteiger partial charge is 1.00 e. The smallest absolute Gasteiger partial charge is 1.00 e. The Morgan fingerprint density at radius 2 is 2.08 bits per heavy atom. The Bertz CT molecular complexity index is 403. The van der Waals surface area contributed by atoms with Gasteiger partial charge in [0.05, 0.1) is 4.90 Å². The van der Waals surface area contributed by atoms with Gasteiger partial charge in [0, 0.05) is 0 Å². The molecule has 1 N–H and O–H groups in total. The minimum absolute atomic E-state index is 0. The van der Waals surface area contributed by atoms with E-state index >= 15 is 0 Å². The van der Waals surface area contributed by atoms with E-state index in [0.29, 0.717) is 5.56 Å². The molecular formula is C8H9KO3S. The van der Waals surface area contributed by atoms with Gasteiger partial charge in [-0.15, -0.1) is 0 Å². The third-order valence-electron chi connectivity index (χ3n) is 1.39. The van der Waals surface area contributed by atoms with Crippen molar-refractivity contribution < 1.29 is 65.8 Å². The summed E-state index contributed by atoms with van der Waals surface area (Å²) in [6, 6.07) is 5.91. The van der Waals surface area contributed by atoms with E-state index in [0.717, 1.165) is 0 Å². The molecule has 0 bridgehead atoms. The second-order valence-corrected chi connectivity index (χ2v) is 3.67.